The van der Waals surface area contributed by atoms with Crippen LogP contribution < -0.4 is 0 Å². The van der Waals surface area contributed by atoms with E-state index < -0.39 is 10.0 Å². The predicted molar refractivity (Wildman–Crippen MR) is 85.0 cm³/mol. The number of carbonyl (C=O) groups excluding carboxylic acids is 1. The zero-order valence-electron chi connectivity index (χ0n) is 12.9. The Balaban J connectivity index is 1.81. The number of amides is 1. The molecule has 0 aromatic carbocycles. The van der Waals surface area contributed by atoms with E-state index in [2.05, 4.69) is 4.98 Å². The van der Waals surface area contributed by atoms with Gasteiger partial charge in [-0.1, -0.05) is 0 Å². The van der Waals surface area contributed by atoms with Gasteiger partial charge in [-0.05, 0) is 26.7 Å². The lowest BCUT2D eigenvalue weighted by Crippen LogP contribution is -2.53. The number of fused-ring (bicyclic) bond motifs is 1. The smallest absolute Gasteiger partial charge is 0.223 e. The average molecular weight is 343 g/mol. The van der Waals surface area contributed by atoms with E-state index in [9.17, 15) is 13.2 Å². The zero-order chi connectivity index (χ0) is 15.9. The maximum atomic E-state index is 12.3. The molecule has 2 aliphatic heterocycles. The van der Waals surface area contributed by atoms with Crippen molar-refractivity contribution < 1.29 is 13.2 Å². The van der Waals surface area contributed by atoms with E-state index in [4.69, 9.17) is 0 Å². The topological polar surface area (TPSA) is 70.6 Å². The Labute approximate surface area is 135 Å². The lowest BCUT2D eigenvalue weighted by molar-refractivity contribution is -0.138. The molecule has 2 aliphatic rings. The largest absolute Gasteiger partial charge is 0.332 e. The van der Waals surface area contributed by atoms with Crippen LogP contribution in [0.3, 0.4) is 0 Å². The van der Waals surface area contributed by atoms with Crippen LogP contribution in [0.15, 0.2) is 5.38 Å². The molecule has 2 saturated heterocycles. The molecule has 3 heterocycles. The fourth-order valence-electron chi connectivity index (χ4n) is 3.48. The van der Waals surface area contributed by atoms with Crippen molar-refractivity contribution in [3.05, 3.63) is 16.1 Å². The maximum Gasteiger partial charge on any atom is 0.223 e. The van der Waals surface area contributed by atoms with Crippen molar-refractivity contribution >= 4 is 27.3 Å². The highest BCUT2D eigenvalue weighted by atomic mass is 32.2. The van der Waals surface area contributed by atoms with E-state index in [1.807, 2.05) is 17.2 Å². The summed E-state index contributed by atoms with van der Waals surface area (Å²) < 4.78 is 26.1. The van der Waals surface area contributed by atoms with Gasteiger partial charge < -0.3 is 4.90 Å². The predicted octanol–water partition coefficient (Wildman–Crippen LogP) is 1.37. The molecule has 122 valence electrons. The molecule has 0 unspecified atom stereocenters. The van der Waals surface area contributed by atoms with Crippen LogP contribution >= 0.6 is 11.3 Å². The molecule has 0 spiro atoms. The highest BCUT2D eigenvalue weighted by Gasteiger charge is 2.46. The van der Waals surface area contributed by atoms with Crippen molar-refractivity contribution in [2.24, 2.45) is 0 Å². The first-order valence-corrected chi connectivity index (χ1v) is 10.1. The van der Waals surface area contributed by atoms with Gasteiger partial charge in [0.2, 0.25) is 15.9 Å². The number of rotatable bonds is 4. The van der Waals surface area contributed by atoms with Crippen molar-refractivity contribution in [3.8, 4) is 0 Å². The van der Waals surface area contributed by atoms with Crippen molar-refractivity contribution in [1.29, 1.82) is 0 Å². The molecule has 6 nitrogen and oxygen atoms in total. The SMILES string of the molecule is CCS(=O)(=O)N1CC[C@@H]2[C@H]1CCC(=O)N2Cc1csc(C)n1. The van der Waals surface area contributed by atoms with Gasteiger partial charge in [-0.3, -0.25) is 4.79 Å². The van der Waals surface area contributed by atoms with Crippen LogP contribution in [0.25, 0.3) is 0 Å². The van der Waals surface area contributed by atoms with Gasteiger partial charge in [0, 0.05) is 30.4 Å². The third kappa shape index (κ3) is 2.79. The summed E-state index contributed by atoms with van der Waals surface area (Å²) in [4.78, 5) is 18.6. The first-order chi connectivity index (χ1) is 10.4. The Bertz CT molecular complexity index is 671. The maximum absolute atomic E-state index is 12.3. The van der Waals surface area contributed by atoms with E-state index >= 15 is 0 Å². The minimum absolute atomic E-state index is 0.00965. The minimum Gasteiger partial charge on any atom is -0.332 e. The molecule has 0 bridgehead atoms. The first kappa shape index (κ1) is 15.9. The quantitative estimate of drug-likeness (QED) is 0.828. The molecule has 2 fully saturated rings. The molecule has 1 amide bonds. The molecule has 8 heteroatoms. The number of aromatic nitrogens is 1. The van der Waals surface area contributed by atoms with E-state index in [1.54, 1.807) is 22.6 Å². The van der Waals surface area contributed by atoms with Crippen molar-refractivity contribution in [3.63, 3.8) is 0 Å². The fraction of sp³-hybridized carbons (Fsp3) is 0.714. The molecule has 1 aromatic rings. The van der Waals surface area contributed by atoms with E-state index in [1.165, 1.54) is 0 Å². The van der Waals surface area contributed by atoms with Gasteiger partial charge in [0.15, 0.2) is 0 Å². The summed E-state index contributed by atoms with van der Waals surface area (Å²) in [7, 11) is -3.20. The summed E-state index contributed by atoms with van der Waals surface area (Å²) >= 11 is 1.57. The number of likely N-dealkylation sites (tertiary alicyclic amines) is 1. The van der Waals surface area contributed by atoms with Crippen molar-refractivity contribution in [2.75, 3.05) is 12.3 Å². The molecule has 3 rings (SSSR count). The Morgan fingerprint density at radius 3 is 2.77 bits per heavy atom. The number of thiazole rings is 1. The third-order valence-corrected chi connectivity index (χ3v) is 7.27. The normalized spacial score (nSPS) is 26.5. The Morgan fingerprint density at radius 1 is 1.36 bits per heavy atom. The third-order valence-electron chi connectivity index (χ3n) is 4.55. The Morgan fingerprint density at radius 2 is 2.14 bits per heavy atom. The minimum atomic E-state index is -3.20. The number of piperidine rings is 1. The number of nitrogens with zero attached hydrogens (tertiary/aromatic N) is 3. The summed E-state index contributed by atoms with van der Waals surface area (Å²) in [5.74, 6) is 0.234. The molecule has 1 aromatic heterocycles. The number of hydrogen-bond acceptors (Lipinski definition) is 5. The summed E-state index contributed by atoms with van der Waals surface area (Å²) in [6.45, 7) is 4.63. The van der Waals surface area contributed by atoms with Gasteiger partial charge in [-0.25, -0.2) is 13.4 Å². The van der Waals surface area contributed by atoms with Crippen LogP contribution in [0, 0.1) is 6.92 Å². The van der Waals surface area contributed by atoms with Gasteiger partial charge >= 0.3 is 0 Å². The van der Waals surface area contributed by atoms with E-state index in [-0.39, 0.29) is 23.7 Å². The molecule has 2 atom stereocenters. The number of aryl methyl sites for hydroxylation is 1. The molecule has 22 heavy (non-hydrogen) atoms. The van der Waals surface area contributed by atoms with Crippen LogP contribution in [-0.4, -0.2) is 52.9 Å². The summed E-state index contributed by atoms with van der Waals surface area (Å²) in [6, 6.07) is -0.0769. The van der Waals surface area contributed by atoms with Crippen molar-refractivity contribution in [2.45, 2.75) is 51.7 Å². The van der Waals surface area contributed by atoms with Crippen LogP contribution in [0.4, 0.5) is 0 Å². The number of hydrogen-bond donors (Lipinski definition) is 0. The molecule has 0 radical (unpaired) electrons. The fourth-order valence-corrected chi connectivity index (χ4v) is 5.46. The highest BCUT2D eigenvalue weighted by molar-refractivity contribution is 7.89. The standard InChI is InChI=1S/C14H21N3O3S2/c1-3-22(19,20)17-7-6-12-13(17)4-5-14(18)16(12)8-11-9-21-10(2)15-11/h9,12-13H,3-8H2,1-2H3/t12-,13-/m1/s1. The Hall–Kier alpha value is -0.990. The van der Waals surface area contributed by atoms with Gasteiger partial charge in [0.05, 0.1) is 23.0 Å². The second kappa shape index (κ2) is 5.90. The molecular formula is C14H21N3O3S2. The second-order valence-corrected chi connectivity index (χ2v) is 9.13. The van der Waals surface area contributed by atoms with Crippen LogP contribution in [0.5, 0.6) is 0 Å². The van der Waals surface area contributed by atoms with Crippen LogP contribution in [0.2, 0.25) is 0 Å². The molecule has 0 saturated carbocycles. The van der Waals surface area contributed by atoms with Gasteiger partial charge in [0.25, 0.3) is 0 Å². The zero-order valence-corrected chi connectivity index (χ0v) is 14.5. The van der Waals surface area contributed by atoms with Crippen LogP contribution in [0.1, 0.15) is 36.9 Å². The van der Waals surface area contributed by atoms with Crippen molar-refractivity contribution in [1.82, 2.24) is 14.2 Å². The lowest BCUT2D eigenvalue weighted by Gasteiger charge is -2.39. The second-order valence-electron chi connectivity index (χ2n) is 5.85. The van der Waals surface area contributed by atoms with E-state index in [0.29, 0.717) is 25.9 Å². The first-order valence-electron chi connectivity index (χ1n) is 7.62. The monoisotopic (exact) mass is 343 g/mol. The average Bonchev–Trinajstić information content (AvgIpc) is 3.08. The Kier molecular flexibility index (Phi) is 4.26. The highest BCUT2D eigenvalue weighted by Crippen LogP contribution is 2.34. The van der Waals surface area contributed by atoms with Crippen LogP contribution in [-0.2, 0) is 21.4 Å². The summed E-state index contributed by atoms with van der Waals surface area (Å²) in [5.41, 5.74) is 0.897. The summed E-state index contributed by atoms with van der Waals surface area (Å²) in [5, 5.41) is 2.96. The number of sulfonamides is 1. The molecule has 0 N–H and O–H groups in total. The molecule has 0 aliphatic carbocycles. The summed E-state index contributed by atoms with van der Waals surface area (Å²) in [6.07, 6.45) is 1.77. The van der Waals surface area contributed by atoms with Gasteiger partial charge in [-0.15, -0.1) is 11.3 Å². The molecular weight excluding hydrogens is 322 g/mol. The van der Waals surface area contributed by atoms with Gasteiger partial charge in [0.1, 0.15) is 0 Å². The number of carbonyl (C=O) groups is 1. The van der Waals surface area contributed by atoms with Gasteiger partial charge in [-0.2, -0.15) is 4.31 Å². The lowest BCUT2D eigenvalue weighted by atomic mass is 9.97. The van der Waals surface area contributed by atoms with E-state index in [0.717, 1.165) is 17.1 Å².